The van der Waals surface area contributed by atoms with Gasteiger partial charge in [0.25, 0.3) is 5.91 Å². The summed E-state index contributed by atoms with van der Waals surface area (Å²) in [5.74, 6) is -0.962. The number of carboxylic acid groups (broad SMARTS) is 1. The summed E-state index contributed by atoms with van der Waals surface area (Å²) in [4.78, 5) is 25.0. The fraction of sp³-hybridized carbons (Fsp3) is 0.529. The van der Waals surface area contributed by atoms with Crippen LogP contribution in [0.3, 0.4) is 0 Å². The molecule has 0 aliphatic carbocycles. The quantitative estimate of drug-likeness (QED) is 0.692. The topological polar surface area (TPSA) is 91.8 Å². The molecule has 1 saturated heterocycles. The fourth-order valence-corrected chi connectivity index (χ4v) is 4.82. The van der Waals surface area contributed by atoms with Crippen molar-refractivity contribution in [1.82, 2.24) is 4.90 Å². The predicted molar refractivity (Wildman–Crippen MR) is 95.7 cm³/mol. The third-order valence-electron chi connectivity index (χ3n) is 4.29. The van der Waals surface area contributed by atoms with Crippen LogP contribution < -0.4 is 0 Å². The summed E-state index contributed by atoms with van der Waals surface area (Å²) in [5, 5.41) is 9.20. The van der Waals surface area contributed by atoms with Crippen LogP contribution in [0, 0.1) is 0 Å². The number of amides is 1. The normalized spacial score (nSPS) is 18.8. The van der Waals surface area contributed by atoms with E-state index in [0.717, 1.165) is 0 Å². The lowest BCUT2D eigenvalue weighted by Gasteiger charge is -2.28. The molecule has 0 saturated carbocycles. The number of unbranched alkanes of at least 4 members (excludes halogenated alkanes) is 2. The zero-order valence-electron chi connectivity index (χ0n) is 13.9. The lowest BCUT2D eigenvalue weighted by molar-refractivity contribution is -0.137. The van der Waals surface area contributed by atoms with E-state index in [4.69, 9.17) is 16.7 Å². The second kappa shape index (κ2) is 8.67. The molecule has 1 aliphatic heterocycles. The van der Waals surface area contributed by atoms with Gasteiger partial charge >= 0.3 is 5.97 Å². The minimum atomic E-state index is -3.10. The van der Waals surface area contributed by atoms with Gasteiger partial charge in [-0.1, -0.05) is 18.0 Å². The molecule has 0 radical (unpaired) electrons. The van der Waals surface area contributed by atoms with E-state index in [0.29, 0.717) is 42.8 Å². The number of halogens is 1. The van der Waals surface area contributed by atoms with Crippen molar-refractivity contribution in [1.29, 1.82) is 0 Å². The van der Waals surface area contributed by atoms with E-state index in [9.17, 15) is 18.0 Å². The first-order chi connectivity index (χ1) is 11.8. The van der Waals surface area contributed by atoms with Crippen molar-refractivity contribution in [3.8, 4) is 0 Å². The monoisotopic (exact) mass is 387 g/mol. The molecule has 1 atom stereocenters. The molecule has 0 spiro atoms. The molecule has 1 N–H and O–H groups in total. The molecule has 1 aliphatic rings. The second-order valence-corrected chi connectivity index (χ2v) is 8.93. The maximum Gasteiger partial charge on any atom is 0.303 e. The second-order valence-electron chi connectivity index (χ2n) is 6.27. The summed E-state index contributed by atoms with van der Waals surface area (Å²) < 4.78 is 23.6. The molecule has 1 aromatic carbocycles. The van der Waals surface area contributed by atoms with Gasteiger partial charge in [-0.2, -0.15) is 0 Å². The number of hydrogen-bond donors (Lipinski definition) is 1. The zero-order valence-corrected chi connectivity index (χ0v) is 15.4. The van der Waals surface area contributed by atoms with Crippen LogP contribution >= 0.6 is 11.6 Å². The molecule has 2 rings (SSSR count). The Hall–Kier alpha value is -1.60. The number of rotatable bonds is 8. The zero-order chi connectivity index (χ0) is 18.4. The summed E-state index contributed by atoms with van der Waals surface area (Å²) in [5.41, 5.74) is 0.472. The Morgan fingerprint density at radius 1 is 1.16 bits per heavy atom. The number of sulfone groups is 1. The Morgan fingerprint density at radius 2 is 1.84 bits per heavy atom. The van der Waals surface area contributed by atoms with Crippen LogP contribution in [0.5, 0.6) is 0 Å². The summed E-state index contributed by atoms with van der Waals surface area (Å²) >= 11 is 5.85. The minimum absolute atomic E-state index is 0.0124. The van der Waals surface area contributed by atoms with Gasteiger partial charge in [-0.15, -0.1) is 0 Å². The van der Waals surface area contributed by atoms with Gasteiger partial charge in [0, 0.05) is 29.6 Å². The Labute approximate surface area is 152 Å². The Bertz CT molecular complexity index is 717. The molecule has 0 bridgehead atoms. The van der Waals surface area contributed by atoms with Crippen LogP contribution in [-0.2, 0) is 14.6 Å². The van der Waals surface area contributed by atoms with Crippen molar-refractivity contribution in [2.75, 3.05) is 18.1 Å². The van der Waals surface area contributed by atoms with Gasteiger partial charge in [0.2, 0.25) is 0 Å². The summed E-state index contributed by atoms with van der Waals surface area (Å²) in [7, 11) is -3.10. The van der Waals surface area contributed by atoms with Crippen molar-refractivity contribution in [3.05, 3.63) is 34.9 Å². The van der Waals surface area contributed by atoms with Gasteiger partial charge in [0.05, 0.1) is 11.5 Å². The highest BCUT2D eigenvalue weighted by molar-refractivity contribution is 7.91. The van der Waals surface area contributed by atoms with Crippen LogP contribution in [-0.4, -0.2) is 54.4 Å². The first kappa shape index (κ1) is 19.7. The largest absolute Gasteiger partial charge is 0.481 e. The van der Waals surface area contributed by atoms with E-state index in [2.05, 4.69) is 0 Å². The minimum Gasteiger partial charge on any atom is -0.481 e. The Kier molecular flexibility index (Phi) is 6.84. The maximum atomic E-state index is 12.8. The average Bonchev–Trinajstić information content (AvgIpc) is 2.90. The highest BCUT2D eigenvalue weighted by Crippen LogP contribution is 2.21. The van der Waals surface area contributed by atoms with Gasteiger partial charge in [-0.25, -0.2) is 8.42 Å². The molecule has 1 fully saturated rings. The van der Waals surface area contributed by atoms with Gasteiger partial charge in [0.1, 0.15) is 0 Å². The molecular weight excluding hydrogens is 366 g/mol. The Balaban J connectivity index is 2.04. The number of nitrogens with zero attached hydrogens (tertiary/aromatic N) is 1. The van der Waals surface area contributed by atoms with E-state index < -0.39 is 15.8 Å². The molecule has 0 unspecified atom stereocenters. The van der Waals surface area contributed by atoms with Crippen molar-refractivity contribution in [2.45, 2.75) is 38.1 Å². The molecule has 6 nitrogen and oxygen atoms in total. The number of benzene rings is 1. The van der Waals surface area contributed by atoms with E-state index >= 15 is 0 Å². The van der Waals surface area contributed by atoms with E-state index in [1.54, 1.807) is 29.2 Å². The van der Waals surface area contributed by atoms with E-state index in [1.165, 1.54) is 0 Å². The number of carboxylic acids is 1. The number of carbonyl (C=O) groups is 2. The van der Waals surface area contributed by atoms with Crippen molar-refractivity contribution < 1.29 is 23.1 Å². The van der Waals surface area contributed by atoms with E-state index in [1.807, 2.05) is 0 Å². The van der Waals surface area contributed by atoms with Gasteiger partial charge in [-0.05, 0) is 43.5 Å². The maximum absolute atomic E-state index is 12.8. The SMILES string of the molecule is O=C(O)CCCCCN(C(=O)c1ccc(Cl)cc1)[C@H]1CCS(=O)(=O)C1. The van der Waals surface area contributed by atoms with Gasteiger partial charge < -0.3 is 10.0 Å². The molecule has 25 heavy (non-hydrogen) atoms. The fourth-order valence-electron chi connectivity index (χ4n) is 2.96. The third-order valence-corrected chi connectivity index (χ3v) is 6.29. The van der Waals surface area contributed by atoms with Crippen LogP contribution in [0.1, 0.15) is 42.5 Å². The lowest BCUT2D eigenvalue weighted by Crippen LogP contribution is -2.41. The highest BCUT2D eigenvalue weighted by Gasteiger charge is 2.34. The molecular formula is C17H22ClNO5S. The van der Waals surface area contributed by atoms with Crippen LogP contribution in [0.4, 0.5) is 0 Å². The molecule has 1 amide bonds. The summed E-state index contributed by atoms with van der Waals surface area (Å²) in [6.07, 6.45) is 2.40. The van der Waals surface area contributed by atoms with Crippen LogP contribution in [0.25, 0.3) is 0 Å². The summed E-state index contributed by atoms with van der Waals surface area (Å²) in [6, 6.07) is 6.20. The van der Waals surface area contributed by atoms with Crippen LogP contribution in [0.15, 0.2) is 24.3 Å². The average molecular weight is 388 g/mol. The van der Waals surface area contributed by atoms with Crippen molar-refractivity contribution in [2.24, 2.45) is 0 Å². The van der Waals surface area contributed by atoms with E-state index in [-0.39, 0.29) is 29.9 Å². The molecule has 8 heteroatoms. The smallest absolute Gasteiger partial charge is 0.303 e. The van der Waals surface area contributed by atoms with Crippen molar-refractivity contribution >= 4 is 33.3 Å². The number of hydrogen-bond acceptors (Lipinski definition) is 4. The first-order valence-corrected chi connectivity index (χ1v) is 10.5. The highest BCUT2D eigenvalue weighted by atomic mass is 35.5. The van der Waals surface area contributed by atoms with Crippen LogP contribution in [0.2, 0.25) is 5.02 Å². The summed E-state index contributed by atoms with van der Waals surface area (Å²) in [6.45, 7) is 0.418. The molecule has 0 aromatic heterocycles. The molecule has 1 heterocycles. The Morgan fingerprint density at radius 3 is 2.40 bits per heavy atom. The van der Waals surface area contributed by atoms with Gasteiger partial charge in [-0.3, -0.25) is 9.59 Å². The number of aliphatic carboxylic acids is 1. The molecule has 138 valence electrons. The third kappa shape index (κ3) is 6.01. The standard InChI is InChI=1S/C17H22ClNO5S/c18-14-7-5-13(6-8-14)17(22)19(10-3-1-2-4-16(20)21)15-9-11-25(23,24)12-15/h5-8,15H,1-4,9-12H2,(H,20,21)/t15-/m0/s1. The lowest BCUT2D eigenvalue weighted by atomic mass is 10.1. The van der Waals surface area contributed by atoms with Crippen molar-refractivity contribution in [3.63, 3.8) is 0 Å². The molecule has 1 aromatic rings. The predicted octanol–water partition coefficient (Wildman–Crippen LogP) is 2.61. The first-order valence-electron chi connectivity index (χ1n) is 8.27. The van der Waals surface area contributed by atoms with Gasteiger partial charge in [0.15, 0.2) is 9.84 Å². The number of carbonyl (C=O) groups excluding carboxylic acids is 1.